The zero-order valence-corrected chi connectivity index (χ0v) is 15.7. The van der Waals surface area contributed by atoms with E-state index in [1.807, 2.05) is 6.08 Å². The Labute approximate surface area is 150 Å². The largest absolute Gasteiger partial charge is 0.386 e. The quantitative estimate of drug-likeness (QED) is 0.820. The van der Waals surface area contributed by atoms with Crippen molar-refractivity contribution in [1.29, 1.82) is 0 Å². The van der Waals surface area contributed by atoms with E-state index in [0.717, 1.165) is 44.9 Å². The van der Waals surface area contributed by atoms with E-state index >= 15 is 0 Å². The fourth-order valence-electron chi connectivity index (χ4n) is 6.67. The number of aliphatic hydroxyl groups is 1. The number of rotatable bonds is 2. The number of ketones is 2. The lowest BCUT2D eigenvalue weighted by Gasteiger charge is -2.52. The summed E-state index contributed by atoms with van der Waals surface area (Å²) in [5.41, 5.74) is 3.96. The molecule has 3 heteroatoms. The summed E-state index contributed by atoms with van der Waals surface area (Å²) in [7, 11) is 0. The molecule has 0 saturated heterocycles. The zero-order valence-electron chi connectivity index (χ0n) is 15.7. The summed E-state index contributed by atoms with van der Waals surface area (Å²) in [5.74, 6) is 1.43. The number of carbonyl (C=O) groups excluding carboxylic acids is 2. The minimum absolute atomic E-state index is 0.0124. The average Bonchev–Trinajstić information content (AvgIpc) is 2.86. The molecule has 0 aromatic carbocycles. The fourth-order valence-corrected chi connectivity index (χ4v) is 6.67. The lowest BCUT2D eigenvalue weighted by atomic mass is 9.51. The molecule has 1 N–H and O–H groups in total. The zero-order chi connectivity index (χ0) is 18.0. The van der Waals surface area contributed by atoms with E-state index in [1.54, 1.807) is 12.5 Å². The first-order chi connectivity index (χ1) is 11.8. The Balaban J connectivity index is 1.72. The van der Waals surface area contributed by atoms with Crippen LogP contribution >= 0.6 is 0 Å². The van der Waals surface area contributed by atoms with Gasteiger partial charge in [-0.1, -0.05) is 19.4 Å². The van der Waals surface area contributed by atoms with Gasteiger partial charge in [0.2, 0.25) is 0 Å². The van der Waals surface area contributed by atoms with Crippen LogP contribution in [-0.4, -0.2) is 22.8 Å². The fraction of sp³-hybridized carbons (Fsp3) is 0.727. The first-order valence-corrected chi connectivity index (χ1v) is 9.96. The van der Waals surface area contributed by atoms with E-state index in [2.05, 4.69) is 13.8 Å². The van der Waals surface area contributed by atoms with Crippen molar-refractivity contribution in [2.24, 2.45) is 22.7 Å². The molecule has 4 aliphatic carbocycles. The van der Waals surface area contributed by atoms with Crippen LogP contribution in [-0.2, 0) is 9.59 Å². The number of fused-ring (bicyclic) bond motifs is 4. The van der Waals surface area contributed by atoms with Gasteiger partial charge in [-0.2, -0.15) is 0 Å². The van der Waals surface area contributed by atoms with Crippen LogP contribution in [0.15, 0.2) is 22.8 Å². The molecule has 2 saturated carbocycles. The van der Waals surface area contributed by atoms with Gasteiger partial charge in [-0.15, -0.1) is 0 Å². The Morgan fingerprint density at radius 2 is 1.92 bits per heavy atom. The van der Waals surface area contributed by atoms with Crippen LogP contribution in [0.4, 0.5) is 0 Å². The van der Waals surface area contributed by atoms with Crippen LogP contribution in [0.5, 0.6) is 0 Å². The van der Waals surface area contributed by atoms with Crippen LogP contribution in [0, 0.1) is 22.7 Å². The predicted octanol–water partition coefficient (Wildman–Crippen LogP) is 4.15. The van der Waals surface area contributed by atoms with Crippen molar-refractivity contribution in [2.45, 2.75) is 78.2 Å². The molecule has 25 heavy (non-hydrogen) atoms. The first-order valence-electron chi connectivity index (χ1n) is 9.96. The third-order valence-electron chi connectivity index (χ3n) is 8.26. The first kappa shape index (κ1) is 17.2. The van der Waals surface area contributed by atoms with Gasteiger partial charge >= 0.3 is 0 Å². The molecule has 4 rings (SSSR count). The van der Waals surface area contributed by atoms with Crippen LogP contribution in [0.3, 0.4) is 0 Å². The summed E-state index contributed by atoms with van der Waals surface area (Å²) in [4.78, 5) is 24.6. The summed E-state index contributed by atoms with van der Waals surface area (Å²) in [6.07, 6.45) is 8.82. The highest BCUT2D eigenvalue weighted by atomic mass is 16.3. The van der Waals surface area contributed by atoms with Crippen molar-refractivity contribution < 1.29 is 14.7 Å². The second-order valence-corrected chi connectivity index (χ2v) is 9.22. The normalized spacial score (nSPS) is 41.6. The molecule has 0 aromatic heterocycles. The van der Waals surface area contributed by atoms with Crippen molar-refractivity contribution in [2.75, 3.05) is 0 Å². The molecule has 0 amide bonds. The monoisotopic (exact) mass is 342 g/mol. The standard InChI is InChI=1S/C22H30O3/c1-13(23)20(25)22(3)11-9-19-18-6-4-14-12-15(24)5-7-16(14)17(18)8-10-21(19,22)2/h12-13,18-19,23H,4-11H2,1-3H3/t13?,18-,19+,21+,22+/m1/s1. The summed E-state index contributed by atoms with van der Waals surface area (Å²) in [5, 5.41) is 9.96. The summed E-state index contributed by atoms with van der Waals surface area (Å²) in [6.45, 7) is 6.03. The van der Waals surface area contributed by atoms with Crippen LogP contribution in [0.1, 0.15) is 72.1 Å². The van der Waals surface area contributed by atoms with Crippen molar-refractivity contribution in [1.82, 2.24) is 0 Å². The Morgan fingerprint density at radius 1 is 1.16 bits per heavy atom. The second kappa shape index (κ2) is 5.64. The Bertz CT molecular complexity index is 698. The SMILES string of the molecule is CC(O)C(=O)[C@]1(C)CC[C@H]2[C@@H]3CCC4=CC(=O)CCC4=C3CC[C@@]21C. The number of Topliss-reactive ketones (excluding diaryl/α,β-unsaturated/α-hetero) is 1. The number of hydrogen-bond donors (Lipinski definition) is 1. The van der Waals surface area contributed by atoms with Crippen molar-refractivity contribution in [3.8, 4) is 0 Å². The van der Waals surface area contributed by atoms with E-state index in [0.29, 0.717) is 18.3 Å². The van der Waals surface area contributed by atoms with Gasteiger partial charge in [0.15, 0.2) is 11.6 Å². The molecule has 4 aliphatic rings. The lowest BCUT2D eigenvalue weighted by Crippen LogP contribution is -2.50. The lowest BCUT2D eigenvalue weighted by molar-refractivity contribution is -0.144. The predicted molar refractivity (Wildman–Crippen MR) is 96.9 cm³/mol. The van der Waals surface area contributed by atoms with Crippen LogP contribution in [0.25, 0.3) is 0 Å². The minimum atomic E-state index is -0.870. The van der Waals surface area contributed by atoms with Gasteiger partial charge < -0.3 is 5.11 Å². The summed E-state index contributed by atoms with van der Waals surface area (Å²) < 4.78 is 0. The molecule has 0 spiro atoms. The molecule has 136 valence electrons. The van der Waals surface area contributed by atoms with Crippen LogP contribution in [0.2, 0.25) is 0 Å². The molecule has 0 heterocycles. The van der Waals surface area contributed by atoms with Gasteiger partial charge in [0.05, 0.1) is 0 Å². The number of carbonyl (C=O) groups is 2. The molecular formula is C22H30O3. The van der Waals surface area contributed by atoms with E-state index in [-0.39, 0.29) is 17.0 Å². The topological polar surface area (TPSA) is 54.4 Å². The molecule has 2 fully saturated rings. The molecule has 1 unspecified atom stereocenters. The molecule has 3 nitrogen and oxygen atoms in total. The molecule has 0 radical (unpaired) electrons. The van der Waals surface area contributed by atoms with Gasteiger partial charge in [-0.25, -0.2) is 0 Å². The molecule has 0 bridgehead atoms. The number of hydrogen-bond acceptors (Lipinski definition) is 3. The maximum absolute atomic E-state index is 12.8. The molecular weight excluding hydrogens is 312 g/mol. The summed E-state index contributed by atoms with van der Waals surface area (Å²) in [6, 6.07) is 0. The maximum Gasteiger partial charge on any atom is 0.167 e. The van der Waals surface area contributed by atoms with Crippen LogP contribution < -0.4 is 0 Å². The average molecular weight is 342 g/mol. The van der Waals surface area contributed by atoms with Gasteiger partial charge in [-0.3, -0.25) is 9.59 Å². The Morgan fingerprint density at radius 3 is 2.64 bits per heavy atom. The Hall–Kier alpha value is -1.22. The van der Waals surface area contributed by atoms with E-state index in [9.17, 15) is 14.7 Å². The number of aliphatic hydroxyl groups excluding tert-OH is 1. The third kappa shape index (κ3) is 2.27. The Kier molecular flexibility index (Phi) is 3.88. The van der Waals surface area contributed by atoms with E-state index < -0.39 is 11.5 Å². The smallest absolute Gasteiger partial charge is 0.167 e. The minimum Gasteiger partial charge on any atom is -0.386 e. The van der Waals surface area contributed by atoms with E-state index in [4.69, 9.17) is 0 Å². The summed E-state index contributed by atoms with van der Waals surface area (Å²) >= 11 is 0. The second-order valence-electron chi connectivity index (χ2n) is 9.22. The maximum atomic E-state index is 12.8. The van der Waals surface area contributed by atoms with Gasteiger partial charge in [0.25, 0.3) is 0 Å². The number of allylic oxidation sites excluding steroid dienone is 4. The van der Waals surface area contributed by atoms with Gasteiger partial charge in [-0.05, 0) is 86.3 Å². The highest BCUT2D eigenvalue weighted by Gasteiger charge is 2.62. The van der Waals surface area contributed by atoms with Gasteiger partial charge in [0, 0.05) is 11.8 Å². The van der Waals surface area contributed by atoms with Crippen molar-refractivity contribution in [3.05, 3.63) is 22.8 Å². The molecule has 0 aromatic rings. The highest BCUT2D eigenvalue weighted by molar-refractivity contribution is 5.93. The van der Waals surface area contributed by atoms with Crippen molar-refractivity contribution in [3.63, 3.8) is 0 Å². The third-order valence-corrected chi connectivity index (χ3v) is 8.26. The van der Waals surface area contributed by atoms with Crippen molar-refractivity contribution >= 4 is 11.6 Å². The molecule has 0 aliphatic heterocycles. The highest BCUT2D eigenvalue weighted by Crippen LogP contribution is 2.67. The van der Waals surface area contributed by atoms with Gasteiger partial charge in [0.1, 0.15) is 6.10 Å². The molecule has 5 atom stereocenters. The van der Waals surface area contributed by atoms with E-state index in [1.165, 1.54) is 11.1 Å².